The first-order valence-electron chi connectivity index (χ1n) is 12.0. The highest BCUT2D eigenvalue weighted by Crippen LogP contribution is 2.30. The van der Waals surface area contributed by atoms with Crippen molar-refractivity contribution in [3.8, 4) is 5.75 Å². The van der Waals surface area contributed by atoms with Crippen LogP contribution in [0.4, 0.5) is 5.69 Å². The largest absolute Gasteiger partial charge is 0.507 e. The van der Waals surface area contributed by atoms with Crippen molar-refractivity contribution in [1.29, 1.82) is 0 Å². The zero-order valence-electron chi connectivity index (χ0n) is 20.6. The highest BCUT2D eigenvalue weighted by Gasteiger charge is 2.27. The summed E-state index contributed by atoms with van der Waals surface area (Å²) >= 11 is 0. The molecule has 1 saturated heterocycles. The van der Waals surface area contributed by atoms with Crippen LogP contribution in [0.5, 0.6) is 5.75 Å². The number of aromatic amines is 1. The summed E-state index contributed by atoms with van der Waals surface area (Å²) in [5.41, 5.74) is 4.28. The van der Waals surface area contributed by atoms with Crippen molar-refractivity contribution in [2.24, 2.45) is 0 Å². The number of aromatic nitrogens is 2. The first-order valence-corrected chi connectivity index (χ1v) is 13.4. The van der Waals surface area contributed by atoms with Crippen LogP contribution in [0.1, 0.15) is 27.2 Å². The molecule has 37 heavy (non-hydrogen) atoms. The third-order valence-electron chi connectivity index (χ3n) is 6.58. The average molecular weight is 521 g/mol. The molecular weight excluding hydrogens is 492 g/mol. The number of benzene rings is 3. The van der Waals surface area contributed by atoms with Crippen LogP contribution in [0.15, 0.2) is 65.6 Å². The Morgan fingerprint density at radius 1 is 1.11 bits per heavy atom. The molecule has 2 N–H and O–H groups in total. The number of fused-ring (bicyclic) bond motifs is 1. The molecule has 1 fully saturated rings. The van der Waals surface area contributed by atoms with Gasteiger partial charge in [-0.3, -0.25) is 9.89 Å². The Bertz CT molecular complexity index is 1560. The van der Waals surface area contributed by atoms with Gasteiger partial charge in [0, 0.05) is 43.7 Å². The summed E-state index contributed by atoms with van der Waals surface area (Å²) < 4.78 is 32.4. The van der Waals surface area contributed by atoms with Crippen molar-refractivity contribution in [3.05, 3.63) is 83.0 Å². The van der Waals surface area contributed by atoms with Gasteiger partial charge in [-0.2, -0.15) is 9.40 Å². The van der Waals surface area contributed by atoms with E-state index in [2.05, 4.69) is 16.3 Å². The quantitative estimate of drug-likeness (QED) is 0.402. The summed E-state index contributed by atoms with van der Waals surface area (Å²) in [4.78, 5) is 14.9. The van der Waals surface area contributed by atoms with Crippen LogP contribution < -0.4 is 4.90 Å². The Balaban J connectivity index is 1.40. The standard InChI is InChI=1S/C27H28N4O5S/c1-18-4-3-5-19(14-18)15-24-22-16-23(26(32)17-25(22)29-28-24)27(33)30(2)20-6-8-21(9-7-20)37(34,35)31-10-12-36-13-11-31/h3-9,14,16-17,32H,10-13,15H2,1-2H3,(H,28,29). The number of hydrogen-bond acceptors (Lipinski definition) is 6. The summed E-state index contributed by atoms with van der Waals surface area (Å²) in [5.74, 6) is -0.590. The van der Waals surface area contributed by atoms with E-state index < -0.39 is 15.9 Å². The van der Waals surface area contributed by atoms with Crippen LogP contribution in [0.2, 0.25) is 0 Å². The molecular formula is C27H28N4O5S. The van der Waals surface area contributed by atoms with Crippen molar-refractivity contribution < 1.29 is 23.1 Å². The number of phenolic OH excluding ortho intramolecular Hbond substituents is 1. The van der Waals surface area contributed by atoms with Crippen LogP contribution in [-0.4, -0.2) is 67.3 Å². The van der Waals surface area contributed by atoms with E-state index in [1.165, 1.54) is 27.4 Å². The van der Waals surface area contributed by atoms with E-state index in [-0.39, 0.29) is 16.2 Å². The van der Waals surface area contributed by atoms with E-state index in [1.807, 2.05) is 25.1 Å². The number of carbonyl (C=O) groups is 1. The molecule has 192 valence electrons. The number of ether oxygens (including phenoxy) is 1. The first kappa shape index (κ1) is 24.9. The summed E-state index contributed by atoms with van der Waals surface area (Å²) in [6.07, 6.45) is 0.578. The minimum absolute atomic E-state index is 0.131. The lowest BCUT2D eigenvalue weighted by atomic mass is 10.0. The SMILES string of the molecule is Cc1cccc(Cc2n[nH]c3cc(O)c(C(=O)N(C)c4ccc(S(=O)(=O)N5CCOCC5)cc4)cc23)c1. The number of phenols is 1. The highest BCUT2D eigenvalue weighted by molar-refractivity contribution is 7.89. The average Bonchev–Trinajstić information content (AvgIpc) is 3.29. The third kappa shape index (κ3) is 4.95. The summed E-state index contributed by atoms with van der Waals surface area (Å²) in [5, 5.41) is 18.7. The zero-order valence-corrected chi connectivity index (χ0v) is 21.5. The van der Waals surface area contributed by atoms with Crippen LogP contribution in [0.3, 0.4) is 0 Å². The molecule has 1 aliphatic heterocycles. The molecule has 0 spiro atoms. The second-order valence-corrected chi connectivity index (χ2v) is 11.1. The molecule has 1 amide bonds. The van der Waals surface area contributed by atoms with Gasteiger partial charge in [-0.1, -0.05) is 29.8 Å². The summed E-state index contributed by atoms with van der Waals surface area (Å²) in [6, 6.07) is 17.4. The number of anilines is 1. The van der Waals surface area contributed by atoms with E-state index in [4.69, 9.17) is 4.74 Å². The molecule has 4 aromatic rings. The smallest absolute Gasteiger partial charge is 0.261 e. The lowest BCUT2D eigenvalue weighted by Gasteiger charge is -2.26. The molecule has 0 atom stereocenters. The number of rotatable bonds is 6. The Morgan fingerprint density at radius 2 is 1.84 bits per heavy atom. The zero-order chi connectivity index (χ0) is 26.2. The number of nitrogens with one attached hydrogen (secondary N) is 1. The van der Waals surface area contributed by atoms with Gasteiger partial charge in [-0.05, 0) is 42.8 Å². The molecule has 2 heterocycles. The summed E-state index contributed by atoms with van der Waals surface area (Å²) in [6.45, 7) is 3.38. The fourth-order valence-electron chi connectivity index (χ4n) is 4.50. The van der Waals surface area contributed by atoms with Crippen LogP contribution in [-0.2, 0) is 21.2 Å². The number of carbonyl (C=O) groups excluding carboxylic acids is 1. The van der Waals surface area contributed by atoms with Crippen molar-refractivity contribution in [3.63, 3.8) is 0 Å². The third-order valence-corrected chi connectivity index (χ3v) is 8.49. The number of H-pyrrole nitrogens is 1. The number of amides is 1. The van der Waals surface area contributed by atoms with E-state index in [1.54, 1.807) is 25.2 Å². The van der Waals surface area contributed by atoms with Crippen molar-refractivity contribution in [1.82, 2.24) is 14.5 Å². The van der Waals surface area contributed by atoms with Gasteiger partial charge in [0.15, 0.2) is 0 Å². The Labute approximate surface area is 215 Å². The van der Waals surface area contributed by atoms with Gasteiger partial charge >= 0.3 is 0 Å². The minimum Gasteiger partial charge on any atom is -0.507 e. The second-order valence-electron chi connectivity index (χ2n) is 9.13. The predicted molar refractivity (Wildman–Crippen MR) is 140 cm³/mol. The normalized spacial score (nSPS) is 14.6. The maximum atomic E-state index is 13.4. The molecule has 10 heteroatoms. The number of sulfonamides is 1. The monoisotopic (exact) mass is 520 g/mol. The minimum atomic E-state index is -3.64. The molecule has 3 aromatic carbocycles. The molecule has 0 aliphatic carbocycles. The Kier molecular flexibility index (Phi) is 6.72. The predicted octanol–water partition coefficient (Wildman–Crippen LogP) is 3.47. The number of nitrogens with zero attached hydrogens (tertiary/aromatic N) is 3. The molecule has 0 bridgehead atoms. The fourth-order valence-corrected chi connectivity index (χ4v) is 5.91. The van der Waals surface area contributed by atoms with Crippen LogP contribution in [0, 0.1) is 6.92 Å². The van der Waals surface area contributed by atoms with Gasteiger partial charge in [-0.15, -0.1) is 0 Å². The maximum Gasteiger partial charge on any atom is 0.261 e. The van der Waals surface area contributed by atoms with Gasteiger partial charge in [0.1, 0.15) is 5.75 Å². The highest BCUT2D eigenvalue weighted by atomic mass is 32.2. The molecule has 5 rings (SSSR count). The van der Waals surface area contributed by atoms with Crippen molar-refractivity contribution in [2.75, 3.05) is 38.3 Å². The van der Waals surface area contributed by atoms with E-state index in [0.717, 1.165) is 22.2 Å². The van der Waals surface area contributed by atoms with Gasteiger partial charge in [0.05, 0.1) is 34.9 Å². The lowest BCUT2D eigenvalue weighted by molar-refractivity contribution is 0.0730. The topological polar surface area (TPSA) is 116 Å². The van der Waals surface area contributed by atoms with Crippen LogP contribution in [0.25, 0.3) is 10.9 Å². The Morgan fingerprint density at radius 3 is 2.54 bits per heavy atom. The van der Waals surface area contributed by atoms with Gasteiger partial charge < -0.3 is 14.7 Å². The number of hydrogen-bond donors (Lipinski definition) is 2. The molecule has 0 radical (unpaired) electrons. The van der Waals surface area contributed by atoms with Gasteiger partial charge in [0.2, 0.25) is 10.0 Å². The van der Waals surface area contributed by atoms with Gasteiger partial charge in [-0.25, -0.2) is 8.42 Å². The molecule has 1 aliphatic rings. The van der Waals surface area contributed by atoms with Crippen molar-refractivity contribution in [2.45, 2.75) is 18.2 Å². The first-order chi connectivity index (χ1) is 17.7. The van der Waals surface area contributed by atoms with E-state index in [9.17, 15) is 18.3 Å². The summed E-state index contributed by atoms with van der Waals surface area (Å²) in [7, 11) is -2.05. The molecule has 1 aromatic heterocycles. The Hall–Kier alpha value is -3.73. The fraction of sp³-hybridized carbons (Fsp3) is 0.259. The van der Waals surface area contributed by atoms with Gasteiger partial charge in [0.25, 0.3) is 5.91 Å². The lowest BCUT2D eigenvalue weighted by Crippen LogP contribution is -2.40. The maximum absolute atomic E-state index is 13.4. The van der Waals surface area contributed by atoms with Crippen LogP contribution >= 0.6 is 0 Å². The number of aromatic hydroxyl groups is 1. The molecule has 9 nitrogen and oxygen atoms in total. The number of morpholine rings is 1. The second kappa shape index (κ2) is 9.97. The number of aryl methyl sites for hydroxylation is 1. The van der Waals surface area contributed by atoms with E-state index in [0.29, 0.717) is 43.9 Å². The molecule has 0 saturated carbocycles. The molecule has 0 unspecified atom stereocenters. The van der Waals surface area contributed by atoms with Crippen molar-refractivity contribution >= 4 is 32.5 Å². The van der Waals surface area contributed by atoms with E-state index >= 15 is 0 Å².